The average Bonchev–Trinajstić information content (AvgIpc) is 2.75. The third kappa shape index (κ3) is 4.33. The monoisotopic (exact) mass is 414 g/mol. The molecule has 0 bridgehead atoms. The first kappa shape index (κ1) is 19.2. The summed E-state index contributed by atoms with van der Waals surface area (Å²) in [6, 6.07) is 12.4. The Kier molecular flexibility index (Phi) is 5.36. The van der Waals surface area contributed by atoms with E-state index < -0.39 is 15.8 Å². The molecule has 0 saturated carbocycles. The Bertz CT molecular complexity index is 1090. The van der Waals surface area contributed by atoms with Crippen molar-refractivity contribution in [3.8, 4) is 0 Å². The molecule has 2 aromatic heterocycles. The summed E-state index contributed by atoms with van der Waals surface area (Å²) in [5.74, 6) is 1.39. The summed E-state index contributed by atoms with van der Waals surface area (Å²) in [6.45, 7) is 1.50. The van der Waals surface area contributed by atoms with Crippen LogP contribution in [0, 0.1) is 5.82 Å². The lowest BCUT2D eigenvalue weighted by molar-refractivity contribution is 0.383. The molecule has 1 aliphatic rings. The number of halogens is 1. The van der Waals surface area contributed by atoms with Gasteiger partial charge < -0.3 is 10.2 Å². The highest BCUT2D eigenvalue weighted by Crippen LogP contribution is 2.22. The largest absolute Gasteiger partial charge is 0.354 e. The molecule has 0 amide bonds. The molecule has 1 N–H and O–H groups in total. The molecule has 8 nitrogen and oxygen atoms in total. The highest BCUT2D eigenvalue weighted by Gasteiger charge is 2.29. The predicted octanol–water partition coefficient (Wildman–Crippen LogP) is 2.27. The molecule has 4 rings (SSSR count). The molecule has 10 heteroatoms. The fraction of sp³-hybridized carbons (Fsp3) is 0.211. The first-order valence-corrected chi connectivity index (χ1v) is 10.5. The zero-order chi connectivity index (χ0) is 20.3. The second kappa shape index (κ2) is 8.10. The molecule has 3 aromatic rings. The van der Waals surface area contributed by atoms with E-state index in [0.29, 0.717) is 30.5 Å². The summed E-state index contributed by atoms with van der Waals surface area (Å²) in [6.07, 6.45) is 3.14. The van der Waals surface area contributed by atoms with Gasteiger partial charge in [-0.05, 0) is 30.3 Å². The Morgan fingerprint density at radius 1 is 0.897 bits per heavy atom. The number of pyridine rings is 1. The highest BCUT2D eigenvalue weighted by atomic mass is 32.2. The fourth-order valence-electron chi connectivity index (χ4n) is 3.09. The van der Waals surface area contributed by atoms with Gasteiger partial charge in [0.1, 0.15) is 29.6 Å². The molecule has 0 radical (unpaired) electrons. The molecule has 1 fully saturated rings. The van der Waals surface area contributed by atoms with Crippen LogP contribution in [0.5, 0.6) is 0 Å². The summed E-state index contributed by atoms with van der Waals surface area (Å²) >= 11 is 0. The van der Waals surface area contributed by atoms with Crippen molar-refractivity contribution in [3.05, 3.63) is 66.9 Å². The van der Waals surface area contributed by atoms with Gasteiger partial charge in [-0.3, -0.25) is 0 Å². The summed E-state index contributed by atoms with van der Waals surface area (Å²) in [4.78, 5) is 14.7. The highest BCUT2D eigenvalue weighted by molar-refractivity contribution is 7.89. The van der Waals surface area contributed by atoms with Crippen molar-refractivity contribution in [1.82, 2.24) is 19.3 Å². The van der Waals surface area contributed by atoms with Crippen LogP contribution in [0.4, 0.5) is 21.8 Å². The van der Waals surface area contributed by atoms with Gasteiger partial charge in [-0.25, -0.2) is 27.8 Å². The number of sulfonamides is 1. The van der Waals surface area contributed by atoms with Crippen molar-refractivity contribution < 1.29 is 12.8 Å². The lowest BCUT2D eigenvalue weighted by atomic mass is 10.3. The van der Waals surface area contributed by atoms with Gasteiger partial charge in [-0.2, -0.15) is 4.31 Å². The van der Waals surface area contributed by atoms with Crippen LogP contribution in [0.2, 0.25) is 0 Å². The molecular formula is C19H19FN6O2S. The van der Waals surface area contributed by atoms with Crippen LogP contribution in [0.25, 0.3) is 0 Å². The molecule has 0 atom stereocenters. The van der Waals surface area contributed by atoms with Gasteiger partial charge in [0.15, 0.2) is 0 Å². The van der Waals surface area contributed by atoms with Crippen molar-refractivity contribution in [2.45, 2.75) is 4.90 Å². The van der Waals surface area contributed by atoms with Gasteiger partial charge >= 0.3 is 0 Å². The maximum atomic E-state index is 13.4. The Balaban J connectivity index is 1.44. The van der Waals surface area contributed by atoms with E-state index in [1.165, 1.54) is 28.8 Å². The SMILES string of the molecule is O=S(=O)(c1cccc(F)c1)N1CCN(c2cc(Nc3ccccn3)ncn2)CC1. The summed E-state index contributed by atoms with van der Waals surface area (Å²) in [7, 11) is -3.73. The maximum absolute atomic E-state index is 13.4. The van der Waals surface area contributed by atoms with E-state index in [4.69, 9.17) is 0 Å². The van der Waals surface area contributed by atoms with Gasteiger partial charge in [0.25, 0.3) is 0 Å². The smallest absolute Gasteiger partial charge is 0.243 e. The summed E-state index contributed by atoms with van der Waals surface area (Å²) in [5, 5.41) is 3.11. The van der Waals surface area contributed by atoms with Crippen molar-refractivity contribution in [2.75, 3.05) is 36.4 Å². The van der Waals surface area contributed by atoms with Crippen LogP contribution in [-0.2, 0) is 10.0 Å². The zero-order valence-electron chi connectivity index (χ0n) is 15.4. The Morgan fingerprint density at radius 2 is 1.72 bits per heavy atom. The Morgan fingerprint density at radius 3 is 2.45 bits per heavy atom. The maximum Gasteiger partial charge on any atom is 0.243 e. The summed E-state index contributed by atoms with van der Waals surface area (Å²) < 4.78 is 40.3. The second-order valence-corrected chi connectivity index (χ2v) is 8.39. The standard InChI is InChI=1S/C19H19FN6O2S/c20-15-4-3-5-16(12-15)29(27,28)26-10-8-25(9-11-26)19-13-18(22-14-23-19)24-17-6-1-2-7-21-17/h1-7,12-14H,8-11H2,(H,21,22,23,24). The van der Waals surface area contributed by atoms with Gasteiger partial charge in [0.2, 0.25) is 10.0 Å². The predicted molar refractivity (Wildman–Crippen MR) is 107 cm³/mol. The molecule has 29 heavy (non-hydrogen) atoms. The van der Waals surface area contributed by atoms with Gasteiger partial charge in [0.05, 0.1) is 4.90 Å². The first-order valence-electron chi connectivity index (χ1n) is 9.03. The Hall–Kier alpha value is -3.11. The zero-order valence-corrected chi connectivity index (χ0v) is 16.3. The van der Waals surface area contributed by atoms with E-state index in [1.54, 1.807) is 12.3 Å². The molecule has 0 unspecified atom stereocenters. The number of benzene rings is 1. The lowest BCUT2D eigenvalue weighted by Crippen LogP contribution is -2.48. The molecule has 3 heterocycles. The third-order valence-corrected chi connectivity index (χ3v) is 6.46. The quantitative estimate of drug-likeness (QED) is 0.685. The Labute approximate surface area is 168 Å². The number of hydrogen-bond donors (Lipinski definition) is 1. The van der Waals surface area contributed by atoms with Crippen LogP contribution < -0.4 is 10.2 Å². The van der Waals surface area contributed by atoms with Crippen molar-refractivity contribution in [3.63, 3.8) is 0 Å². The average molecular weight is 414 g/mol. The topological polar surface area (TPSA) is 91.3 Å². The first-order chi connectivity index (χ1) is 14.0. The van der Waals surface area contributed by atoms with Crippen LogP contribution in [0.1, 0.15) is 0 Å². The molecule has 1 saturated heterocycles. The van der Waals surface area contributed by atoms with E-state index >= 15 is 0 Å². The van der Waals surface area contributed by atoms with Crippen molar-refractivity contribution in [2.24, 2.45) is 0 Å². The van der Waals surface area contributed by atoms with E-state index in [1.807, 2.05) is 23.1 Å². The number of hydrogen-bond acceptors (Lipinski definition) is 7. The minimum atomic E-state index is -3.73. The number of rotatable bonds is 5. The van der Waals surface area contributed by atoms with Gasteiger partial charge in [-0.1, -0.05) is 12.1 Å². The van der Waals surface area contributed by atoms with E-state index in [9.17, 15) is 12.8 Å². The minimum Gasteiger partial charge on any atom is -0.354 e. The lowest BCUT2D eigenvalue weighted by Gasteiger charge is -2.34. The van der Waals surface area contributed by atoms with E-state index in [2.05, 4.69) is 20.3 Å². The molecule has 0 aliphatic carbocycles. The van der Waals surface area contributed by atoms with Crippen molar-refractivity contribution in [1.29, 1.82) is 0 Å². The molecule has 0 spiro atoms. The van der Waals surface area contributed by atoms with E-state index in [0.717, 1.165) is 6.07 Å². The molecular weight excluding hydrogens is 395 g/mol. The normalized spacial score (nSPS) is 15.3. The summed E-state index contributed by atoms with van der Waals surface area (Å²) in [5.41, 5.74) is 0. The van der Waals surface area contributed by atoms with Crippen LogP contribution in [0.3, 0.4) is 0 Å². The molecule has 1 aliphatic heterocycles. The molecule has 1 aromatic carbocycles. The molecule has 150 valence electrons. The number of piperazine rings is 1. The minimum absolute atomic E-state index is 0.0326. The van der Waals surface area contributed by atoms with Crippen LogP contribution in [0.15, 0.2) is 66.0 Å². The van der Waals surface area contributed by atoms with Crippen LogP contribution >= 0.6 is 0 Å². The van der Waals surface area contributed by atoms with E-state index in [-0.39, 0.29) is 18.0 Å². The third-order valence-electron chi connectivity index (χ3n) is 4.57. The number of anilines is 3. The number of aromatic nitrogens is 3. The van der Waals surface area contributed by atoms with Gasteiger partial charge in [0, 0.05) is 38.4 Å². The van der Waals surface area contributed by atoms with Crippen molar-refractivity contribution >= 4 is 27.5 Å². The fourth-order valence-corrected chi connectivity index (χ4v) is 4.54. The van der Waals surface area contributed by atoms with Crippen LogP contribution in [-0.4, -0.2) is 53.9 Å². The van der Waals surface area contributed by atoms with Gasteiger partial charge in [-0.15, -0.1) is 0 Å². The number of nitrogens with zero attached hydrogens (tertiary/aromatic N) is 5. The second-order valence-electron chi connectivity index (χ2n) is 6.45. The number of nitrogens with one attached hydrogen (secondary N) is 1.